The number of fused-ring (bicyclic) bond motifs is 1. The van der Waals surface area contributed by atoms with E-state index >= 15 is 0 Å². The van der Waals surface area contributed by atoms with Crippen LogP contribution >= 0.6 is 11.3 Å². The number of hydrogen-bond acceptors (Lipinski definition) is 6. The minimum Gasteiger partial charge on any atom is -0.399 e. The van der Waals surface area contributed by atoms with Gasteiger partial charge < -0.3 is 11.1 Å². The van der Waals surface area contributed by atoms with Crippen LogP contribution in [0.5, 0.6) is 0 Å². The second-order valence-electron chi connectivity index (χ2n) is 4.28. The number of hydrogen-bond donors (Lipinski definition) is 2. The molecule has 2 aromatic rings. The predicted octanol–water partition coefficient (Wildman–Crippen LogP) is 1.64. The number of nitrogen functional groups attached to an aromatic ring is 1. The van der Waals surface area contributed by atoms with Crippen LogP contribution in [0.2, 0.25) is 0 Å². The van der Waals surface area contributed by atoms with Gasteiger partial charge in [0.2, 0.25) is 5.91 Å². The number of aromatic nitrogens is 1. The molecule has 20 heavy (non-hydrogen) atoms. The van der Waals surface area contributed by atoms with Crippen LogP contribution in [0.3, 0.4) is 0 Å². The average molecular weight is 313 g/mol. The molecule has 108 valence electrons. The molecule has 6 nitrogen and oxygen atoms in total. The molecule has 2 rings (SSSR count). The Balaban J connectivity index is 2.03. The molecule has 1 amide bonds. The van der Waals surface area contributed by atoms with Gasteiger partial charge in [-0.1, -0.05) is 18.3 Å². The molecule has 0 atom stereocenters. The Morgan fingerprint density at radius 2 is 2.20 bits per heavy atom. The highest BCUT2D eigenvalue weighted by Crippen LogP contribution is 2.27. The van der Waals surface area contributed by atoms with Crippen molar-refractivity contribution in [3.05, 3.63) is 18.2 Å². The summed E-state index contributed by atoms with van der Waals surface area (Å²) in [4.78, 5) is 15.9. The lowest BCUT2D eigenvalue weighted by Crippen LogP contribution is -2.18. The highest BCUT2D eigenvalue weighted by atomic mass is 32.2. The SMILES string of the molecule is CCS(=O)(=O)CCC(=O)Nc1nc2ccc(N)cc2s1. The molecule has 0 aliphatic rings. The first-order valence-electron chi connectivity index (χ1n) is 6.06. The molecule has 1 aromatic carbocycles. The Bertz CT molecular complexity index is 737. The van der Waals surface area contributed by atoms with Crippen molar-refractivity contribution in [2.24, 2.45) is 0 Å². The van der Waals surface area contributed by atoms with E-state index in [0.717, 1.165) is 10.2 Å². The van der Waals surface area contributed by atoms with Crippen LogP contribution < -0.4 is 11.1 Å². The van der Waals surface area contributed by atoms with E-state index in [9.17, 15) is 13.2 Å². The fourth-order valence-corrected chi connectivity index (χ4v) is 3.28. The standard InChI is InChI=1S/C12H15N3O3S2/c1-2-20(17,18)6-5-11(16)15-12-14-9-4-3-8(13)7-10(9)19-12/h3-4,7H,2,5-6,13H2,1H3,(H,14,15,16). The van der Waals surface area contributed by atoms with Crippen LogP contribution in [0, 0.1) is 0 Å². The summed E-state index contributed by atoms with van der Waals surface area (Å²) in [5.74, 6) is -0.456. The number of anilines is 2. The zero-order chi connectivity index (χ0) is 14.8. The average Bonchev–Trinajstić information content (AvgIpc) is 2.78. The molecule has 0 aliphatic heterocycles. The zero-order valence-corrected chi connectivity index (χ0v) is 12.6. The Labute approximate surface area is 120 Å². The summed E-state index contributed by atoms with van der Waals surface area (Å²) in [5.41, 5.74) is 7.05. The molecule has 0 aliphatic carbocycles. The molecule has 1 aromatic heterocycles. The number of carbonyl (C=O) groups excluding carboxylic acids is 1. The van der Waals surface area contributed by atoms with Gasteiger partial charge in [-0.25, -0.2) is 13.4 Å². The molecule has 0 saturated heterocycles. The highest BCUT2D eigenvalue weighted by molar-refractivity contribution is 7.91. The second kappa shape index (κ2) is 5.76. The normalized spacial score (nSPS) is 11.7. The van der Waals surface area contributed by atoms with E-state index in [1.54, 1.807) is 25.1 Å². The largest absolute Gasteiger partial charge is 0.399 e. The Morgan fingerprint density at radius 3 is 2.90 bits per heavy atom. The van der Waals surface area contributed by atoms with Gasteiger partial charge in [0.1, 0.15) is 0 Å². The molecule has 0 spiro atoms. The third-order valence-electron chi connectivity index (χ3n) is 2.74. The van der Waals surface area contributed by atoms with E-state index in [-0.39, 0.29) is 23.8 Å². The monoisotopic (exact) mass is 313 g/mol. The summed E-state index contributed by atoms with van der Waals surface area (Å²) >= 11 is 1.31. The summed E-state index contributed by atoms with van der Waals surface area (Å²) < 4.78 is 23.5. The van der Waals surface area contributed by atoms with Gasteiger partial charge in [0, 0.05) is 17.9 Å². The van der Waals surface area contributed by atoms with E-state index in [1.165, 1.54) is 11.3 Å². The van der Waals surface area contributed by atoms with Crippen molar-refractivity contribution in [1.29, 1.82) is 0 Å². The van der Waals surface area contributed by atoms with Crippen molar-refractivity contribution >= 4 is 48.1 Å². The van der Waals surface area contributed by atoms with Gasteiger partial charge in [-0.3, -0.25) is 4.79 Å². The number of sulfone groups is 1. The maximum Gasteiger partial charge on any atom is 0.227 e. The first kappa shape index (κ1) is 14.7. The van der Waals surface area contributed by atoms with Crippen molar-refractivity contribution in [3.8, 4) is 0 Å². The van der Waals surface area contributed by atoms with Crippen LogP contribution in [0.15, 0.2) is 18.2 Å². The maximum atomic E-state index is 11.7. The van der Waals surface area contributed by atoms with Crippen molar-refractivity contribution in [2.45, 2.75) is 13.3 Å². The first-order valence-corrected chi connectivity index (χ1v) is 8.70. The lowest BCUT2D eigenvalue weighted by Gasteiger charge is -2.01. The van der Waals surface area contributed by atoms with E-state index in [4.69, 9.17) is 5.73 Å². The third kappa shape index (κ3) is 3.67. The van der Waals surface area contributed by atoms with Gasteiger partial charge in [-0.05, 0) is 18.2 Å². The maximum absolute atomic E-state index is 11.7. The van der Waals surface area contributed by atoms with E-state index in [0.29, 0.717) is 10.8 Å². The molecule has 8 heteroatoms. The lowest BCUT2D eigenvalue weighted by molar-refractivity contribution is -0.115. The first-order chi connectivity index (χ1) is 9.39. The van der Waals surface area contributed by atoms with Crippen LogP contribution in [-0.4, -0.2) is 30.8 Å². The fourth-order valence-electron chi connectivity index (χ4n) is 1.57. The van der Waals surface area contributed by atoms with E-state index in [2.05, 4.69) is 10.3 Å². The predicted molar refractivity (Wildman–Crippen MR) is 81.6 cm³/mol. The molecule has 0 bridgehead atoms. The minimum atomic E-state index is -3.13. The molecule has 0 radical (unpaired) electrons. The zero-order valence-electron chi connectivity index (χ0n) is 10.9. The van der Waals surface area contributed by atoms with Crippen molar-refractivity contribution < 1.29 is 13.2 Å². The summed E-state index contributed by atoms with van der Waals surface area (Å²) in [5, 5.41) is 3.06. The Morgan fingerprint density at radius 1 is 1.45 bits per heavy atom. The second-order valence-corrected chi connectivity index (χ2v) is 7.78. The number of nitrogens with two attached hydrogens (primary N) is 1. The Hall–Kier alpha value is -1.67. The van der Waals surface area contributed by atoms with E-state index < -0.39 is 9.84 Å². The summed E-state index contributed by atoms with van der Waals surface area (Å²) in [7, 11) is -3.13. The van der Waals surface area contributed by atoms with Gasteiger partial charge in [0.15, 0.2) is 15.0 Å². The third-order valence-corrected chi connectivity index (χ3v) is 5.38. The van der Waals surface area contributed by atoms with Gasteiger partial charge in [0.05, 0.1) is 16.0 Å². The topological polar surface area (TPSA) is 102 Å². The number of amides is 1. The molecular weight excluding hydrogens is 298 g/mol. The number of benzene rings is 1. The minimum absolute atomic E-state index is 0.0424. The molecular formula is C12H15N3O3S2. The number of thiazole rings is 1. The molecule has 0 saturated carbocycles. The van der Waals surface area contributed by atoms with Crippen molar-refractivity contribution in [3.63, 3.8) is 0 Å². The molecule has 3 N–H and O–H groups in total. The fraction of sp³-hybridized carbons (Fsp3) is 0.333. The van der Waals surface area contributed by atoms with Gasteiger partial charge in [-0.15, -0.1) is 0 Å². The summed E-state index contributed by atoms with van der Waals surface area (Å²) in [6.07, 6.45) is -0.0613. The quantitative estimate of drug-likeness (QED) is 0.817. The number of nitrogens with zero attached hydrogens (tertiary/aromatic N) is 1. The molecule has 0 unspecified atom stereocenters. The van der Waals surface area contributed by atoms with Crippen LogP contribution in [0.4, 0.5) is 10.8 Å². The summed E-state index contributed by atoms with van der Waals surface area (Å²) in [6.45, 7) is 1.56. The van der Waals surface area contributed by atoms with Gasteiger partial charge in [-0.2, -0.15) is 0 Å². The molecule has 0 fully saturated rings. The van der Waals surface area contributed by atoms with Crippen molar-refractivity contribution in [1.82, 2.24) is 4.98 Å². The van der Waals surface area contributed by atoms with Gasteiger partial charge in [0.25, 0.3) is 0 Å². The lowest BCUT2D eigenvalue weighted by atomic mass is 10.3. The molecule has 1 heterocycles. The van der Waals surface area contributed by atoms with Crippen LogP contribution in [0.25, 0.3) is 10.2 Å². The van der Waals surface area contributed by atoms with Crippen LogP contribution in [0.1, 0.15) is 13.3 Å². The number of carbonyl (C=O) groups is 1. The van der Waals surface area contributed by atoms with Crippen molar-refractivity contribution in [2.75, 3.05) is 22.6 Å². The highest BCUT2D eigenvalue weighted by Gasteiger charge is 2.13. The summed E-state index contributed by atoms with van der Waals surface area (Å²) in [6, 6.07) is 5.30. The smallest absolute Gasteiger partial charge is 0.227 e. The number of nitrogens with one attached hydrogen (secondary N) is 1. The van der Waals surface area contributed by atoms with Gasteiger partial charge >= 0.3 is 0 Å². The number of rotatable bonds is 5. The van der Waals surface area contributed by atoms with E-state index in [1.807, 2.05) is 0 Å². The van der Waals surface area contributed by atoms with Crippen LogP contribution in [-0.2, 0) is 14.6 Å². The Kier molecular flexibility index (Phi) is 4.24.